The largest absolute Gasteiger partial charge is 0.478 e. The second-order valence-corrected chi connectivity index (χ2v) is 5.27. The van der Waals surface area contributed by atoms with Gasteiger partial charge in [-0.25, -0.2) is 9.18 Å². The van der Waals surface area contributed by atoms with E-state index in [1.807, 2.05) is 20.8 Å². The molecular formula is C14H14FNO2. The van der Waals surface area contributed by atoms with Crippen LogP contribution in [-0.4, -0.2) is 16.1 Å². The van der Waals surface area contributed by atoms with Crippen LogP contribution < -0.4 is 0 Å². The minimum absolute atomic E-state index is 0.0874. The molecule has 0 atom stereocenters. The number of carboxylic acid groups (broad SMARTS) is 1. The number of fused-ring (bicyclic) bond motifs is 1. The molecule has 0 saturated carbocycles. The topological polar surface area (TPSA) is 50.2 Å². The van der Waals surface area contributed by atoms with E-state index in [0.29, 0.717) is 16.6 Å². The van der Waals surface area contributed by atoms with Crippen molar-refractivity contribution in [3.63, 3.8) is 0 Å². The Morgan fingerprint density at radius 2 is 1.94 bits per heavy atom. The van der Waals surface area contributed by atoms with Gasteiger partial charge in [0, 0.05) is 16.5 Å². The molecule has 1 aromatic carbocycles. The third-order valence-electron chi connectivity index (χ3n) is 2.77. The number of nitrogens with zero attached hydrogens (tertiary/aromatic N) is 1. The van der Waals surface area contributed by atoms with Crippen LogP contribution in [0.1, 0.15) is 36.8 Å². The Balaban J connectivity index is 2.83. The number of benzene rings is 1. The van der Waals surface area contributed by atoms with Gasteiger partial charge in [-0.2, -0.15) is 0 Å². The van der Waals surface area contributed by atoms with Crippen molar-refractivity contribution in [2.24, 2.45) is 0 Å². The van der Waals surface area contributed by atoms with Gasteiger partial charge in [-0.1, -0.05) is 20.8 Å². The molecule has 0 unspecified atom stereocenters. The molecule has 1 heterocycles. The number of carbonyl (C=O) groups is 1. The van der Waals surface area contributed by atoms with E-state index in [1.54, 1.807) is 0 Å². The maximum atomic E-state index is 13.2. The molecule has 0 aliphatic rings. The molecule has 18 heavy (non-hydrogen) atoms. The van der Waals surface area contributed by atoms with E-state index in [2.05, 4.69) is 4.98 Å². The van der Waals surface area contributed by atoms with Crippen molar-refractivity contribution in [2.45, 2.75) is 26.2 Å². The highest BCUT2D eigenvalue weighted by Gasteiger charge is 2.20. The van der Waals surface area contributed by atoms with Crippen LogP contribution in [0.2, 0.25) is 0 Å². The number of carboxylic acids is 1. The highest BCUT2D eigenvalue weighted by molar-refractivity contribution is 6.02. The summed E-state index contributed by atoms with van der Waals surface area (Å²) in [5.41, 5.74) is 1.01. The number of rotatable bonds is 1. The first-order valence-electron chi connectivity index (χ1n) is 5.63. The molecular weight excluding hydrogens is 233 g/mol. The van der Waals surface area contributed by atoms with Crippen molar-refractivity contribution in [1.82, 2.24) is 4.98 Å². The lowest BCUT2D eigenvalue weighted by Gasteiger charge is -2.19. The Kier molecular flexibility index (Phi) is 2.81. The second kappa shape index (κ2) is 4.05. The summed E-state index contributed by atoms with van der Waals surface area (Å²) in [5, 5.41) is 9.54. The number of pyridine rings is 1. The number of aromatic carboxylic acids is 1. The molecule has 2 rings (SSSR count). The smallest absolute Gasteiger partial charge is 0.336 e. The van der Waals surface area contributed by atoms with Crippen LogP contribution >= 0.6 is 0 Å². The highest BCUT2D eigenvalue weighted by Crippen LogP contribution is 2.26. The fraction of sp³-hybridized carbons (Fsp3) is 0.286. The lowest BCUT2D eigenvalue weighted by molar-refractivity contribution is 0.0699. The SMILES string of the molecule is CC(C)(C)c1cc(C(=O)O)c2cc(F)ccc2n1. The van der Waals surface area contributed by atoms with Crippen molar-refractivity contribution < 1.29 is 14.3 Å². The average Bonchev–Trinajstić information content (AvgIpc) is 2.25. The summed E-state index contributed by atoms with van der Waals surface area (Å²) in [6.07, 6.45) is 0. The zero-order valence-electron chi connectivity index (χ0n) is 10.5. The van der Waals surface area contributed by atoms with Gasteiger partial charge >= 0.3 is 5.97 Å². The van der Waals surface area contributed by atoms with E-state index < -0.39 is 11.8 Å². The second-order valence-electron chi connectivity index (χ2n) is 5.27. The Labute approximate surface area is 104 Å². The Bertz CT molecular complexity index is 629. The molecule has 0 saturated heterocycles. The first-order chi connectivity index (χ1) is 8.29. The molecule has 1 N–H and O–H groups in total. The Hall–Kier alpha value is -1.97. The van der Waals surface area contributed by atoms with Crippen LogP contribution in [0, 0.1) is 5.82 Å². The maximum Gasteiger partial charge on any atom is 0.336 e. The lowest BCUT2D eigenvalue weighted by atomic mass is 9.90. The van der Waals surface area contributed by atoms with Crippen LogP contribution in [0.15, 0.2) is 24.3 Å². The molecule has 0 amide bonds. The predicted octanol–water partition coefficient (Wildman–Crippen LogP) is 3.37. The molecule has 0 bridgehead atoms. The predicted molar refractivity (Wildman–Crippen MR) is 67.4 cm³/mol. The Morgan fingerprint density at radius 3 is 2.50 bits per heavy atom. The summed E-state index contributed by atoms with van der Waals surface area (Å²) in [5.74, 6) is -1.53. The van der Waals surface area contributed by atoms with Crippen molar-refractivity contribution in [2.75, 3.05) is 0 Å². The van der Waals surface area contributed by atoms with Gasteiger partial charge in [0.25, 0.3) is 0 Å². The van der Waals surface area contributed by atoms with Gasteiger partial charge in [-0.05, 0) is 24.3 Å². The van der Waals surface area contributed by atoms with Gasteiger partial charge in [-0.15, -0.1) is 0 Å². The fourth-order valence-electron chi connectivity index (χ4n) is 1.76. The quantitative estimate of drug-likeness (QED) is 0.840. The molecule has 1 aromatic heterocycles. The molecule has 0 spiro atoms. The minimum Gasteiger partial charge on any atom is -0.478 e. The van der Waals surface area contributed by atoms with Crippen LogP contribution in [0.4, 0.5) is 4.39 Å². The number of halogens is 1. The van der Waals surface area contributed by atoms with Crippen molar-refractivity contribution in [1.29, 1.82) is 0 Å². The van der Waals surface area contributed by atoms with Crippen LogP contribution in [-0.2, 0) is 5.41 Å². The first kappa shape index (κ1) is 12.5. The van der Waals surface area contributed by atoms with Crippen LogP contribution in [0.25, 0.3) is 10.9 Å². The number of hydrogen-bond acceptors (Lipinski definition) is 2. The summed E-state index contributed by atoms with van der Waals surface area (Å²) >= 11 is 0. The Morgan fingerprint density at radius 1 is 1.28 bits per heavy atom. The lowest BCUT2D eigenvalue weighted by Crippen LogP contribution is -2.15. The maximum absolute atomic E-state index is 13.2. The average molecular weight is 247 g/mol. The molecule has 2 aromatic rings. The fourth-order valence-corrected chi connectivity index (χ4v) is 1.76. The zero-order valence-corrected chi connectivity index (χ0v) is 10.5. The van der Waals surface area contributed by atoms with E-state index in [9.17, 15) is 14.3 Å². The molecule has 4 heteroatoms. The van der Waals surface area contributed by atoms with Gasteiger partial charge in [-0.3, -0.25) is 4.98 Å². The molecule has 0 aliphatic carbocycles. The van der Waals surface area contributed by atoms with Crippen molar-refractivity contribution in [3.05, 3.63) is 41.3 Å². The third kappa shape index (κ3) is 2.18. The van der Waals surface area contributed by atoms with Gasteiger partial charge in [0.2, 0.25) is 0 Å². The van der Waals surface area contributed by atoms with E-state index in [4.69, 9.17) is 0 Å². The standard InChI is InChI=1S/C14H14FNO2/c1-14(2,3)12-7-10(13(17)18)9-6-8(15)4-5-11(9)16-12/h4-7H,1-3H3,(H,17,18). The monoisotopic (exact) mass is 247 g/mol. The molecule has 3 nitrogen and oxygen atoms in total. The summed E-state index contributed by atoms with van der Waals surface area (Å²) in [7, 11) is 0. The first-order valence-corrected chi connectivity index (χ1v) is 5.63. The normalized spacial score (nSPS) is 11.8. The van der Waals surface area contributed by atoms with E-state index >= 15 is 0 Å². The summed E-state index contributed by atoms with van der Waals surface area (Å²) in [6.45, 7) is 5.86. The van der Waals surface area contributed by atoms with Crippen molar-refractivity contribution >= 4 is 16.9 Å². The highest BCUT2D eigenvalue weighted by atomic mass is 19.1. The zero-order chi connectivity index (χ0) is 13.5. The minimum atomic E-state index is -1.07. The van der Waals surface area contributed by atoms with Gasteiger partial charge < -0.3 is 5.11 Å². The van der Waals surface area contributed by atoms with Gasteiger partial charge in [0.1, 0.15) is 5.82 Å². The molecule has 94 valence electrons. The van der Waals surface area contributed by atoms with Crippen LogP contribution in [0.3, 0.4) is 0 Å². The van der Waals surface area contributed by atoms with Gasteiger partial charge in [0.15, 0.2) is 0 Å². The van der Waals surface area contributed by atoms with Crippen molar-refractivity contribution in [3.8, 4) is 0 Å². The van der Waals surface area contributed by atoms with E-state index in [-0.39, 0.29) is 11.0 Å². The third-order valence-corrected chi connectivity index (χ3v) is 2.77. The number of aromatic nitrogens is 1. The van der Waals surface area contributed by atoms with E-state index in [1.165, 1.54) is 24.3 Å². The summed E-state index contributed by atoms with van der Waals surface area (Å²) < 4.78 is 13.2. The molecule has 0 fully saturated rings. The van der Waals surface area contributed by atoms with Gasteiger partial charge in [0.05, 0.1) is 11.1 Å². The summed E-state index contributed by atoms with van der Waals surface area (Å²) in [6, 6.07) is 5.52. The van der Waals surface area contributed by atoms with E-state index in [0.717, 1.165) is 0 Å². The number of hydrogen-bond donors (Lipinski definition) is 1. The molecule has 0 aliphatic heterocycles. The molecule has 0 radical (unpaired) electrons. The van der Waals surface area contributed by atoms with Crippen LogP contribution in [0.5, 0.6) is 0 Å². The summed E-state index contributed by atoms with van der Waals surface area (Å²) in [4.78, 5) is 15.7.